The van der Waals surface area contributed by atoms with E-state index in [9.17, 15) is 0 Å². The van der Waals surface area contributed by atoms with E-state index in [2.05, 4.69) is 31.8 Å². The van der Waals surface area contributed by atoms with E-state index in [1.54, 1.807) is 10.6 Å². The fraction of sp³-hybridized carbons (Fsp3) is 0.476. The Labute approximate surface area is 186 Å². The van der Waals surface area contributed by atoms with Gasteiger partial charge in [-0.15, -0.1) is 15.3 Å². The van der Waals surface area contributed by atoms with Gasteiger partial charge < -0.3 is 9.80 Å². The lowest BCUT2D eigenvalue weighted by Gasteiger charge is -2.37. The van der Waals surface area contributed by atoms with Crippen molar-refractivity contribution in [3.8, 4) is 11.4 Å². The monoisotopic (exact) mass is 445 g/mol. The molecule has 5 rings (SSSR count). The van der Waals surface area contributed by atoms with Gasteiger partial charge in [0.25, 0.3) is 0 Å². The van der Waals surface area contributed by atoms with Crippen LogP contribution in [0.3, 0.4) is 0 Å². The molecule has 2 aliphatic rings. The van der Waals surface area contributed by atoms with E-state index in [1.807, 2.05) is 24.3 Å². The first-order chi connectivity index (χ1) is 14.6. The number of hydrogen-bond acceptors (Lipinski definition) is 6. The summed E-state index contributed by atoms with van der Waals surface area (Å²) in [5.74, 6) is 1.59. The van der Waals surface area contributed by atoms with E-state index in [4.69, 9.17) is 28.3 Å². The molecule has 7 nitrogen and oxygen atoms in total. The first-order valence-electron chi connectivity index (χ1n) is 10.5. The molecule has 2 saturated heterocycles. The summed E-state index contributed by atoms with van der Waals surface area (Å²) in [7, 11) is 0. The van der Waals surface area contributed by atoms with E-state index >= 15 is 0 Å². The number of anilines is 1. The zero-order chi connectivity index (χ0) is 20.7. The molecule has 2 fully saturated rings. The van der Waals surface area contributed by atoms with Crippen LogP contribution in [0.1, 0.15) is 13.3 Å². The Hall–Kier alpha value is -1.93. The molecular formula is C21H25Cl2N7. The number of halogens is 2. The lowest BCUT2D eigenvalue weighted by molar-refractivity contribution is 0.107. The first kappa shape index (κ1) is 20.0. The smallest absolute Gasteiger partial charge is 0.185 e. The van der Waals surface area contributed by atoms with E-state index in [0.29, 0.717) is 27.6 Å². The topological polar surface area (TPSA) is 52.8 Å². The molecule has 4 heterocycles. The molecule has 3 aromatic rings. The van der Waals surface area contributed by atoms with Crippen molar-refractivity contribution in [3.63, 3.8) is 0 Å². The second kappa shape index (κ2) is 8.30. The molecule has 158 valence electrons. The highest BCUT2D eigenvalue weighted by Gasteiger charge is 2.30. The van der Waals surface area contributed by atoms with E-state index in [0.717, 1.165) is 44.1 Å². The molecule has 1 atom stereocenters. The third-order valence-electron chi connectivity index (χ3n) is 6.23. The number of hydrogen-bond donors (Lipinski definition) is 0. The summed E-state index contributed by atoms with van der Waals surface area (Å²) < 4.78 is 1.78. The van der Waals surface area contributed by atoms with Crippen LogP contribution in [0.25, 0.3) is 17.0 Å². The molecule has 0 spiro atoms. The van der Waals surface area contributed by atoms with Crippen molar-refractivity contribution in [2.45, 2.75) is 19.4 Å². The molecule has 30 heavy (non-hydrogen) atoms. The van der Waals surface area contributed by atoms with Crippen molar-refractivity contribution < 1.29 is 0 Å². The zero-order valence-corrected chi connectivity index (χ0v) is 18.5. The van der Waals surface area contributed by atoms with Gasteiger partial charge in [-0.3, -0.25) is 4.90 Å². The quantitative estimate of drug-likeness (QED) is 0.613. The zero-order valence-electron chi connectivity index (χ0n) is 17.0. The van der Waals surface area contributed by atoms with Gasteiger partial charge in [-0.2, -0.15) is 4.52 Å². The molecule has 0 bridgehead atoms. The second-order valence-corrected chi connectivity index (χ2v) is 8.87. The average molecular weight is 446 g/mol. The molecule has 2 aliphatic heterocycles. The summed E-state index contributed by atoms with van der Waals surface area (Å²) in [6.07, 6.45) is 1.17. The second-order valence-electron chi connectivity index (χ2n) is 8.00. The molecular weight excluding hydrogens is 421 g/mol. The van der Waals surface area contributed by atoms with E-state index in [1.165, 1.54) is 19.5 Å². The SMILES string of the molecule is CCN1CCN(C2CCN(c3ccc4nnc(-c5cc(Cl)cc(Cl)c5)n4n3)C2)CC1. The molecule has 1 aromatic carbocycles. The lowest BCUT2D eigenvalue weighted by Crippen LogP contribution is -2.50. The van der Waals surface area contributed by atoms with Gasteiger partial charge in [0.2, 0.25) is 0 Å². The number of benzene rings is 1. The standard InChI is InChI=1S/C21H25Cl2N7/c1-2-27-7-9-28(10-8-27)18-5-6-29(14-18)20-4-3-19-24-25-21(30(19)26-20)15-11-16(22)13-17(23)12-15/h3-4,11-13,18H,2,5-10,14H2,1H3. The number of piperazine rings is 1. The third kappa shape index (κ3) is 3.87. The van der Waals surface area contributed by atoms with Crippen molar-refractivity contribution in [2.75, 3.05) is 50.7 Å². The summed E-state index contributed by atoms with van der Waals surface area (Å²) in [6.45, 7) is 10.1. The Balaban J connectivity index is 1.37. The van der Waals surface area contributed by atoms with Crippen molar-refractivity contribution in [3.05, 3.63) is 40.4 Å². The van der Waals surface area contributed by atoms with Crippen LogP contribution in [0.5, 0.6) is 0 Å². The highest BCUT2D eigenvalue weighted by Crippen LogP contribution is 2.28. The maximum absolute atomic E-state index is 6.18. The highest BCUT2D eigenvalue weighted by molar-refractivity contribution is 6.35. The number of likely N-dealkylation sites (N-methyl/N-ethyl adjacent to an activating group) is 1. The number of fused-ring (bicyclic) bond motifs is 1. The highest BCUT2D eigenvalue weighted by atomic mass is 35.5. The first-order valence-corrected chi connectivity index (χ1v) is 11.3. The van der Waals surface area contributed by atoms with Crippen molar-refractivity contribution in [1.29, 1.82) is 0 Å². The summed E-state index contributed by atoms with van der Waals surface area (Å²) >= 11 is 12.4. The van der Waals surface area contributed by atoms with Crippen LogP contribution >= 0.6 is 23.2 Å². The molecule has 2 aromatic heterocycles. The van der Waals surface area contributed by atoms with Crippen LogP contribution in [-0.4, -0.2) is 81.5 Å². The molecule has 0 radical (unpaired) electrons. The molecule has 0 amide bonds. The summed E-state index contributed by atoms with van der Waals surface area (Å²) in [4.78, 5) is 7.53. The number of aromatic nitrogens is 4. The van der Waals surface area contributed by atoms with Crippen molar-refractivity contribution >= 4 is 34.7 Å². The summed E-state index contributed by atoms with van der Waals surface area (Å²) in [6, 6.07) is 9.97. The fourth-order valence-corrected chi connectivity index (χ4v) is 5.03. The van der Waals surface area contributed by atoms with Gasteiger partial charge in [-0.25, -0.2) is 0 Å². The van der Waals surface area contributed by atoms with E-state index < -0.39 is 0 Å². The van der Waals surface area contributed by atoms with Crippen molar-refractivity contribution in [2.24, 2.45) is 0 Å². The van der Waals surface area contributed by atoms with Gasteiger partial charge in [-0.05, 0) is 43.3 Å². The normalized spacial score (nSPS) is 21.0. The Kier molecular flexibility index (Phi) is 5.54. The summed E-state index contributed by atoms with van der Waals surface area (Å²) in [5.41, 5.74) is 1.51. The maximum atomic E-state index is 6.18. The van der Waals surface area contributed by atoms with E-state index in [-0.39, 0.29) is 0 Å². The van der Waals surface area contributed by atoms with Crippen LogP contribution < -0.4 is 4.90 Å². The predicted molar refractivity (Wildman–Crippen MR) is 121 cm³/mol. The summed E-state index contributed by atoms with van der Waals surface area (Å²) in [5, 5.41) is 14.6. The lowest BCUT2D eigenvalue weighted by atomic mass is 10.2. The number of nitrogens with zero attached hydrogens (tertiary/aromatic N) is 7. The minimum atomic E-state index is 0.566. The molecule has 9 heteroatoms. The Morgan fingerprint density at radius 2 is 1.73 bits per heavy atom. The molecule has 0 saturated carbocycles. The van der Waals surface area contributed by atoms with Crippen LogP contribution in [0.15, 0.2) is 30.3 Å². The average Bonchev–Trinajstić information content (AvgIpc) is 3.40. The van der Waals surface area contributed by atoms with Gasteiger partial charge in [0.1, 0.15) is 5.82 Å². The Morgan fingerprint density at radius 1 is 0.967 bits per heavy atom. The van der Waals surface area contributed by atoms with Crippen molar-refractivity contribution in [1.82, 2.24) is 29.6 Å². The third-order valence-corrected chi connectivity index (χ3v) is 6.66. The van der Waals surface area contributed by atoms with Crippen LogP contribution in [0, 0.1) is 0 Å². The van der Waals surface area contributed by atoms with Gasteiger partial charge >= 0.3 is 0 Å². The fourth-order valence-electron chi connectivity index (χ4n) is 4.50. The molecule has 0 N–H and O–H groups in total. The minimum absolute atomic E-state index is 0.566. The predicted octanol–water partition coefficient (Wildman–Crippen LogP) is 3.31. The van der Waals surface area contributed by atoms with Crippen LogP contribution in [-0.2, 0) is 0 Å². The Morgan fingerprint density at radius 3 is 2.47 bits per heavy atom. The number of rotatable bonds is 4. The largest absolute Gasteiger partial charge is 0.354 e. The van der Waals surface area contributed by atoms with Crippen LogP contribution in [0.2, 0.25) is 10.0 Å². The van der Waals surface area contributed by atoms with Gasteiger partial charge in [0, 0.05) is 60.9 Å². The molecule has 0 aliphatic carbocycles. The maximum Gasteiger partial charge on any atom is 0.185 e. The van der Waals surface area contributed by atoms with Crippen LogP contribution in [0.4, 0.5) is 5.82 Å². The molecule has 1 unspecified atom stereocenters. The Bertz CT molecular complexity index is 1020. The van der Waals surface area contributed by atoms with Gasteiger partial charge in [-0.1, -0.05) is 30.1 Å². The van der Waals surface area contributed by atoms with Gasteiger partial charge in [0.05, 0.1) is 0 Å². The minimum Gasteiger partial charge on any atom is -0.354 e. The van der Waals surface area contributed by atoms with Gasteiger partial charge in [0.15, 0.2) is 11.5 Å².